The number of hydrogen-bond donors (Lipinski definition) is 0. The minimum atomic E-state index is -0.243. The summed E-state index contributed by atoms with van der Waals surface area (Å²) in [6.07, 6.45) is 0. The molecule has 6 nitrogen and oxygen atoms in total. The maximum absolute atomic E-state index is 14.1. The number of para-hydroxylation sites is 2. The third-order valence-corrected chi connectivity index (χ3v) is 6.37. The quantitative estimate of drug-likeness (QED) is 0.326. The van der Waals surface area contributed by atoms with Crippen molar-refractivity contribution in [3.05, 3.63) is 100 Å². The van der Waals surface area contributed by atoms with E-state index in [0.29, 0.717) is 23.1 Å². The van der Waals surface area contributed by atoms with Crippen molar-refractivity contribution in [3.8, 4) is 5.69 Å². The van der Waals surface area contributed by atoms with Gasteiger partial charge in [0.2, 0.25) is 0 Å². The van der Waals surface area contributed by atoms with Crippen molar-refractivity contribution in [3.63, 3.8) is 0 Å². The predicted molar refractivity (Wildman–Crippen MR) is 142 cm³/mol. The van der Waals surface area contributed by atoms with Gasteiger partial charge in [-0.25, -0.2) is 0 Å². The summed E-state index contributed by atoms with van der Waals surface area (Å²) in [4.78, 5) is 29.8. The van der Waals surface area contributed by atoms with Gasteiger partial charge in [-0.1, -0.05) is 54.1 Å². The molecule has 0 spiro atoms. The van der Waals surface area contributed by atoms with Crippen molar-refractivity contribution in [2.45, 2.75) is 33.7 Å². The van der Waals surface area contributed by atoms with Gasteiger partial charge in [-0.2, -0.15) is 9.78 Å². The molecule has 0 N–H and O–H groups in total. The number of benzene rings is 3. The number of nitrogens with zero attached hydrogens (tertiary/aromatic N) is 4. The van der Waals surface area contributed by atoms with Crippen LogP contribution in [0.25, 0.3) is 27.5 Å². The van der Waals surface area contributed by atoms with Crippen molar-refractivity contribution >= 4 is 33.4 Å². The first kappa shape index (κ1) is 22.6. The molecular formula is C29H28N4O2. The lowest BCUT2D eigenvalue weighted by molar-refractivity contribution is 0.0983. The second-order valence-corrected chi connectivity index (χ2v) is 8.99. The van der Waals surface area contributed by atoms with Crippen molar-refractivity contribution in [2.75, 3.05) is 11.4 Å². The lowest BCUT2D eigenvalue weighted by Gasteiger charge is -2.21. The third-order valence-electron chi connectivity index (χ3n) is 6.37. The lowest BCUT2D eigenvalue weighted by atomic mass is 10.1. The molecule has 6 heteroatoms. The van der Waals surface area contributed by atoms with Crippen LogP contribution in [0.4, 0.5) is 5.69 Å². The second-order valence-electron chi connectivity index (χ2n) is 8.99. The molecule has 0 unspecified atom stereocenters. The van der Waals surface area contributed by atoms with Gasteiger partial charge in [-0.3, -0.25) is 9.59 Å². The Morgan fingerprint density at radius 3 is 2.26 bits per heavy atom. The van der Waals surface area contributed by atoms with E-state index in [2.05, 4.69) is 0 Å². The summed E-state index contributed by atoms with van der Waals surface area (Å²) in [5.41, 5.74) is 3.92. The van der Waals surface area contributed by atoms with Crippen LogP contribution in [-0.2, 0) is 0 Å². The Balaban J connectivity index is 1.90. The SMILES string of the molecule is CCN(C(=O)c1nn(-c2ccc(C)cc2)c(=O)c2c1c1ccccc1n2C(C)C)c1ccccc1. The van der Waals surface area contributed by atoms with Crippen LogP contribution in [0.1, 0.15) is 42.9 Å². The van der Waals surface area contributed by atoms with Crippen molar-refractivity contribution in [1.29, 1.82) is 0 Å². The van der Waals surface area contributed by atoms with E-state index in [1.54, 1.807) is 4.90 Å². The number of fused-ring (bicyclic) bond motifs is 3. The van der Waals surface area contributed by atoms with Gasteiger partial charge < -0.3 is 9.47 Å². The van der Waals surface area contributed by atoms with E-state index in [1.807, 2.05) is 111 Å². The monoisotopic (exact) mass is 464 g/mol. The van der Waals surface area contributed by atoms with Gasteiger partial charge in [0.05, 0.1) is 5.69 Å². The normalized spacial score (nSPS) is 11.5. The zero-order valence-electron chi connectivity index (χ0n) is 20.4. The molecule has 0 radical (unpaired) electrons. The summed E-state index contributed by atoms with van der Waals surface area (Å²) in [6.45, 7) is 8.50. The molecule has 1 amide bonds. The summed E-state index contributed by atoms with van der Waals surface area (Å²) in [7, 11) is 0. The van der Waals surface area contributed by atoms with E-state index in [0.717, 1.165) is 22.2 Å². The average molecular weight is 465 g/mol. The number of hydrogen-bond acceptors (Lipinski definition) is 3. The maximum Gasteiger partial charge on any atom is 0.296 e. The maximum atomic E-state index is 14.1. The number of anilines is 1. The summed E-state index contributed by atoms with van der Waals surface area (Å²) in [6, 6.07) is 25.0. The number of carbonyl (C=O) groups is 1. The first-order valence-electron chi connectivity index (χ1n) is 11.9. The van der Waals surface area contributed by atoms with E-state index in [4.69, 9.17) is 5.10 Å². The van der Waals surface area contributed by atoms with Crippen molar-refractivity contribution < 1.29 is 4.79 Å². The molecule has 0 aliphatic rings. The number of aromatic nitrogens is 3. The van der Waals surface area contributed by atoms with E-state index >= 15 is 0 Å². The fourth-order valence-corrected chi connectivity index (χ4v) is 4.74. The largest absolute Gasteiger partial charge is 0.333 e. The Hall–Kier alpha value is -4.19. The van der Waals surface area contributed by atoms with Crippen LogP contribution in [0.3, 0.4) is 0 Å². The fourth-order valence-electron chi connectivity index (χ4n) is 4.74. The molecule has 0 bridgehead atoms. The Morgan fingerprint density at radius 2 is 1.60 bits per heavy atom. The highest BCUT2D eigenvalue weighted by molar-refractivity contribution is 6.20. The zero-order valence-corrected chi connectivity index (χ0v) is 20.4. The van der Waals surface area contributed by atoms with Crippen LogP contribution < -0.4 is 10.5 Å². The molecule has 0 fully saturated rings. The van der Waals surface area contributed by atoms with Crippen LogP contribution in [-0.4, -0.2) is 26.8 Å². The highest BCUT2D eigenvalue weighted by atomic mass is 16.2. The Morgan fingerprint density at radius 1 is 0.943 bits per heavy atom. The Kier molecular flexibility index (Phi) is 5.73. The minimum Gasteiger partial charge on any atom is -0.333 e. The summed E-state index contributed by atoms with van der Waals surface area (Å²) in [5.74, 6) is -0.240. The molecule has 0 aliphatic heterocycles. The first-order chi connectivity index (χ1) is 16.9. The molecule has 5 aromatic rings. The highest BCUT2D eigenvalue weighted by Gasteiger charge is 2.28. The van der Waals surface area contributed by atoms with Crippen LogP contribution >= 0.6 is 0 Å². The van der Waals surface area contributed by atoms with E-state index < -0.39 is 0 Å². The fraction of sp³-hybridized carbons (Fsp3) is 0.207. The predicted octanol–water partition coefficient (Wildman–Crippen LogP) is 5.90. The molecule has 2 aromatic heterocycles. The molecule has 0 saturated heterocycles. The minimum absolute atomic E-state index is 0.0123. The van der Waals surface area contributed by atoms with Gasteiger partial charge in [-0.05, 0) is 58.0 Å². The van der Waals surface area contributed by atoms with E-state index in [1.165, 1.54) is 4.68 Å². The van der Waals surface area contributed by atoms with E-state index in [-0.39, 0.29) is 23.2 Å². The van der Waals surface area contributed by atoms with Gasteiger partial charge >= 0.3 is 0 Å². The molecule has 3 aromatic carbocycles. The van der Waals surface area contributed by atoms with Crippen LogP contribution in [0, 0.1) is 6.92 Å². The standard InChI is InChI=1S/C29H28N4O2/c1-5-31(21-11-7-6-8-12-21)28(34)26-25-23-13-9-10-14-24(23)32(19(2)3)27(25)29(35)33(30-26)22-17-15-20(4)16-18-22/h6-19H,5H2,1-4H3. The number of carbonyl (C=O) groups excluding carboxylic acids is 1. The van der Waals surface area contributed by atoms with Crippen LogP contribution in [0.2, 0.25) is 0 Å². The van der Waals surface area contributed by atoms with Gasteiger partial charge in [0.25, 0.3) is 11.5 Å². The average Bonchev–Trinajstić information content (AvgIpc) is 3.22. The topological polar surface area (TPSA) is 60.1 Å². The number of rotatable bonds is 5. The molecule has 0 saturated carbocycles. The Bertz CT molecular complexity index is 1600. The summed E-state index contributed by atoms with van der Waals surface area (Å²) < 4.78 is 3.39. The van der Waals surface area contributed by atoms with Gasteiger partial charge in [0.1, 0.15) is 5.52 Å². The molecule has 2 heterocycles. The van der Waals surface area contributed by atoms with E-state index in [9.17, 15) is 9.59 Å². The van der Waals surface area contributed by atoms with Gasteiger partial charge in [0.15, 0.2) is 5.69 Å². The van der Waals surface area contributed by atoms with Crippen molar-refractivity contribution in [1.82, 2.24) is 14.3 Å². The van der Waals surface area contributed by atoms with Crippen LogP contribution in [0.15, 0.2) is 83.7 Å². The lowest BCUT2D eigenvalue weighted by Crippen LogP contribution is -2.34. The van der Waals surface area contributed by atoms with Crippen LogP contribution in [0.5, 0.6) is 0 Å². The summed E-state index contributed by atoms with van der Waals surface area (Å²) >= 11 is 0. The first-order valence-corrected chi connectivity index (χ1v) is 11.9. The molecular weight excluding hydrogens is 436 g/mol. The number of amides is 1. The smallest absolute Gasteiger partial charge is 0.296 e. The molecule has 0 aliphatic carbocycles. The molecule has 176 valence electrons. The van der Waals surface area contributed by atoms with Gasteiger partial charge in [-0.15, -0.1) is 0 Å². The highest BCUT2D eigenvalue weighted by Crippen LogP contribution is 2.33. The zero-order chi connectivity index (χ0) is 24.7. The molecule has 35 heavy (non-hydrogen) atoms. The molecule has 0 atom stereocenters. The third kappa shape index (κ3) is 3.71. The summed E-state index contributed by atoms with van der Waals surface area (Å²) in [5, 5.41) is 6.17. The molecule has 5 rings (SSSR count). The Labute approximate surface area is 204 Å². The number of aryl methyl sites for hydroxylation is 1. The second kappa shape index (κ2) is 8.87. The van der Waals surface area contributed by atoms with Gasteiger partial charge in [0, 0.05) is 34.6 Å². The van der Waals surface area contributed by atoms with Crippen molar-refractivity contribution in [2.24, 2.45) is 0 Å².